The van der Waals surface area contributed by atoms with Gasteiger partial charge in [0.2, 0.25) is 0 Å². The molecule has 0 bridgehead atoms. The molecular formula is C16H16F2O3. The predicted molar refractivity (Wildman–Crippen MR) is 75.0 cm³/mol. The van der Waals surface area contributed by atoms with E-state index < -0.39 is 11.6 Å². The summed E-state index contributed by atoms with van der Waals surface area (Å²) in [6, 6.07) is 10.7. The number of hydrogen-bond acceptors (Lipinski definition) is 3. The van der Waals surface area contributed by atoms with Crippen molar-refractivity contribution < 1.29 is 23.0 Å². The van der Waals surface area contributed by atoms with Crippen LogP contribution in [0.2, 0.25) is 0 Å². The van der Waals surface area contributed by atoms with E-state index in [-0.39, 0.29) is 0 Å². The number of benzene rings is 2. The molecule has 0 aliphatic heterocycles. The zero-order valence-corrected chi connectivity index (χ0v) is 11.6. The van der Waals surface area contributed by atoms with Crippen molar-refractivity contribution in [3.8, 4) is 17.2 Å². The molecule has 21 heavy (non-hydrogen) atoms. The molecule has 0 N–H and O–H groups in total. The molecule has 2 rings (SSSR count). The first-order valence-corrected chi connectivity index (χ1v) is 6.54. The Morgan fingerprint density at radius 1 is 0.762 bits per heavy atom. The highest BCUT2D eigenvalue weighted by molar-refractivity contribution is 5.31. The minimum absolute atomic E-state index is 0.304. The molecule has 0 aliphatic carbocycles. The monoisotopic (exact) mass is 294 g/mol. The van der Waals surface area contributed by atoms with Gasteiger partial charge >= 0.3 is 0 Å². The zero-order chi connectivity index (χ0) is 15.1. The molecule has 5 heteroatoms. The van der Waals surface area contributed by atoms with Gasteiger partial charge in [-0.2, -0.15) is 0 Å². The molecule has 3 nitrogen and oxygen atoms in total. The summed E-state index contributed by atoms with van der Waals surface area (Å²) in [6.45, 7) is 0.831. The van der Waals surface area contributed by atoms with E-state index in [1.165, 1.54) is 6.07 Å². The number of methoxy groups -OCH3 is 1. The van der Waals surface area contributed by atoms with Gasteiger partial charge in [0.15, 0.2) is 11.6 Å². The molecule has 0 saturated heterocycles. The smallest absolute Gasteiger partial charge is 0.162 e. The molecule has 2 aromatic carbocycles. The fourth-order valence-electron chi connectivity index (χ4n) is 1.68. The Bertz CT molecular complexity index is 570. The second-order valence-electron chi connectivity index (χ2n) is 4.30. The summed E-state index contributed by atoms with van der Waals surface area (Å²) in [5.41, 5.74) is 0. The third-order valence-corrected chi connectivity index (χ3v) is 2.78. The highest BCUT2D eigenvalue weighted by Gasteiger charge is 2.03. The van der Waals surface area contributed by atoms with Crippen LogP contribution in [0.1, 0.15) is 6.42 Å². The van der Waals surface area contributed by atoms with Crippen LogP contribution in [0, 0.1) is 11.6 Å². The van der Waals surface area contributed by atoms with Crippen molar-refractivity contribution in [2.75, 3.05) is 20.3 Å². The van der Waals surface area contributed by atoms with E-state index in [0.717, 1.165) is 23.6 Å². The third kappa shape index (κ3) is 4.63. The largest absolute Gasteiger partial charge is 0.497 e. The standard InChI is InChI=1S/C16H16F2O3/c1-19-12-3-5-13(6-4-12)20-9-2-10-21-14-7-8-15(17)16(18)11-14/h3-8,11H,2,9-10H2,1H3. The quantitative estimate of drug-likeness (QED) is 0.727. The number of rotatable bonds is 7. The van der Waals surface area contributed by atoms with E-state index in [0.29, 0.717) is 25.4 Å². The van der Waals surface area contributed by atoms with Crippen LogP contribution in [0.3, 0.4) is 0 Å². The van der Waals surface area contributed by atoms with Gasteiger partial charge in [0.05, 0.1) is 20.3 Å². The average Bonchev–Trinajstić information content (AvgIpc) is 2.51. The predicted octanol–water partition coefficient (Wildman–Crippen LogP) is 3.82. The molecule has 0 fully saturated rings. The van der Waals surface area contributed by atoms with Crippen LogP contribution in [-0.2, 0) is 0 Å². The van der Waals surface area contributed by atoms with Gasteiger partial charge in [0, 0.05) is 12.5 Å². The molecular weight excluding hydrogens is 278 g/mol. The first-order valence-electron chi connectivity index (χ1n) is 6.54. The fourth-order valence-corrected chi connectivity index (χ4v) is 1.68. The Morgan fingerprint density at radius 2 is 1.33 bits per heavy atom. The molecule has 0 unspecified atom stereocenters. The Hall–Kier alpha value is -2.30. The summed E-state index contributed by atoms with van der Waals surface area (Å²) in [5.74, 6) is 0.0122. The molecule has 0 heterocycles. The molecule has 0 saturated carbocycles. The topological polar surface area (TPSA) is 27.7 Å². The highest BCUT2D eigenvalue weighted by Crippen LogP contribution is 2.18. The van der Waals surface area contributed by atoms with Gasteiger partial charge in [0.25, 0.3) is 0 Å². The Balaban J connectivity index is 1.68. The van der Waals surface area contributed by atoms with E-state index in [4.69, 9.17) is 14.2 Å². The summed E-state index contributed by atoms with van der Waals surface area (Å²) in [5, 5.41) is 0. The summed E-state index contributed by atoms with van der Waals surface area (Å²) in [6.07, 6.45) is 0.630. The Kier molecular flexibility index (Phi) is 5.37. The van der Waals surface area contributed by atoms with Gasteiger partial charge in [-0.25, -0.2) is 8.78 Å². The van der Waals surface area contributed by atoms with E-state index in [9.17, 15) is 8.78 Å². The van der Waals surface area contributed by atoms with Crippen molar-refractivity contribution >= 4 is 0 Å². The van der Waals surface area contributed by atoms with Crippen molar-refractivity contribution in [1.29, 1.82) is 0 Å². The summed E-state index contributed by atoms with van der Waals surface area (Å²) in [4.78, 5) is 0. The van der Waals surface area contributed by atoms with E-state index in [1.54, 1.807) is 7.11 Å². The minimum atomic E-state index is -0.915. The van der Waals surface area contributed by atoms with Gasteiger partial charge < -0.3 is 14.2 Å². The van der Waals surface area contributed by atoms with Crippen LogP contribution >= 0.6 is 0 Å². The number of hydrogen-bond donors (Lipinski definition) is 0. The Labute approximate surface area is 122 Å². The second-order valence-corrected chi connectivity index (χ2v) is 4.30. The first-order chi connectivity index (χ1) is 10.2. The highest BCUT2D eigenvalue weighted by atomic mass is 19.2. The normalized spacial score (nSPS) is 10.2. The molecule has 0 aliphatic rings. The Morgan fingerprint density at radius 3 is 1.95 bits per heavy atom. The maximum absolute atomic E-state index is 12.9. The van der Waals surface area contributed by atoms with Crippen molar-refractivity contribution in [3.05, 3.63) is 54.1 Å². The summed E-state index contributed by atoms with van der Waals surface area (Å²) < 4.78 is 41.5. The summed E-state index contributed by atoms with van der Waals surface area (Å²) >= 11 is 0. The molecule has 0 atom stereocenters. The lowest BCUT2D eigenvalue weighted by Gasteiger charge is -2.08. The van der Waals surface area contributed by atoms with Crippen LogP contribution in [0.5, 0.6) is 17.2 Å². The maximum Gasteiger partial charge on any atom is 0.162 e. The lowest BCUT2D eigenvalue weighted by atomic mass is 10.3. The number of halogens is 2. The third-order valence-electron chi connectivity index (χ3n) is 2.78. The van der Waals surface area contributed by atoms with Crippen LogP contribution in [0.25, 0.3) is 0 Å². The SMILES string of the molecule is COc1ccc(OCCCOc2ccc(F)c(F)c2)cc1. The van der Waals surface area contributed by atoms with Crippen molar-refractivity contribution in [2.45, 2.75) is 6.42 Å². The van der Waals surface area contributed by atoms with E-state index in [2.05, 4.69) is 0 Å². The van der Waals surface area contributed by atoms with Crippen LogP contribution in [-0.4, -0.2) is 20.3 Å². The van der Waals surface area contributed by atoms with Crippen LogP contribution in [0.15, 0.2) is 42.5 Å². The van der Waals surface area contributed by atoms with Gasteiger partial charge in [-0.3, -0.25) is 0 Å². The fraction of sp³-hybridized carbons (Fsp3) is 0.250. The second kappa shape index (κ2) is 7.47. The molecule has 112 valence electrons. The molecule has 0 aromatic heterocycles. The van der Waals surface area contributed by atoms with Crippen LogP contribution < -0.4 is 14.2 Å². The molecule has 0 amide bonds. The van der Waals surface area contributed by atoms with Gasteiger partial charge in [-0.15, -0.1) is 0 Å². The number of ether oxygens (including phenoxy) is 3. The lowest BCUT2D eigenvalue weighted by Crippen LogP contribution is -2.05. The first kappa shape index (κ1) is 15.1. The molecule has 0 radical (unpaired) electrons. The van der Waals surface area contributed by atoms with Gasteiger partial charge in [-0.1, -0.05) is 0 Å². The van der Waals surface area contributed by atoms with Gasteiger partial charge in [-0.05, 0) is 36.4 Å². The molecule has 0 spiro atoms. The average molecular weight is 294 g/mol. The van der Waals surface area contributed by atoms with E-state index >= 15 is 0 Å². The maximum atomic E-state index is 12.9. The van der Waals surface area contributed by atoms with Gasteiger partial charge in [0.1, 0.15) is 17.2 Å². The van der Waals surface area contributed by atoms with Crippen LogP contribution in [0.4, 0.5) is 8.78 Å². The minimum Gasteiger partial charge on any atom is -0.497 e. The van der Waals surface area contributed by atoms with Crippen molar-refractivity contribution in [3.63, 3.8) is 0 Å². The van der Waals surface area contributed by atoms with E-state index in [1.807, 2.05) is 24.3 Å². The zero-order valence-electron chi connectivity index (χ0n) is 11.6. The lowest BCUT2D eigenvalue weighted by molar-refractivity contribution is 0.246. The molecule has 2 aromatic rings. The summed E-state index contributed by atoms with van der Waals surface area (Å²) in [7, 11) is 1.60. The van der Waals surface area contributed by atoms with Crippen molar-refractivity contribution in [1.82, 2.24) is 0 Å². The van der Waals surface area contributed by atoms with Crippen molar-refractivity contribution in [2.24, 2.45) is 0 Å².